The van der Waals surface area contributed by atoms with Crippen LogP contribution in [-0.2, 0) is 0 Å². The lowest BCUT2D eigenvalue weighted by atomic mass is 10.1. The Labute approximate surface area is 145 Å². The van der Waals surface area contributed by atoms with Crippen molar-refractivity contribution in [1.29, 1.82) is 0 Å². The molecule has 6 nitrogen and oxygen atoms in total. The van der Waals surface area contributed by atoms with Gasteiger partial charge in [-0.2, -0.15) is 0 Å². The van der Waals surface area contributed by atoms with Gasteiger partial charge in [-0.25, -0.2) is 0 Å². The summed E-state index contributed by atoms with van der Waals surface area (Å²) in [6.07, 6.45) is -0.343. The fraction of sp³-hybridized carbons (Fsp3) is 0.294. The Morgan fingerprint density at radius 3 is 2.67 bits per heavy atom. The minimum absolute atomic E-state index is 0.202. The number of aromatic amines is 1. The van der Waals surface area contributed by atoms with Gasteiger partial charge in [-0.3, -0.25) is 9.59 Å². The second-order valence-electron chi connectivity index (χ2n) is 5.18. The van der Waals surface area contributed by atoms with Gasteiger partial charge in [0.15, 0.2) is 5.75 Å². The predicted octanol–water partition coefficient (Wildman–Crippen LogP) is 2.92. The van der Waals surface area contributed by atoms with Gasteiger partial charge in [0.05, 0.1) is 0 Å². The summed E-state index contributed by atoms with van der Waals surface area (Å²) in [5.74, 6) is -0.352. The monoisotopic (exact) mass is 349 g/mol. The summed E-state index contributed by atoms with van der Waals surface area (Å²) in [4.78, 5) is 26.8. The van der Waals surface area contributed by atoms with Crippen LogP contribution in [0.5, 0.6) is 5.75 Å². The molecule has 7 heteroatoms. The molecule has 0 aliphatic carbocycles. The van der Waals surface area contributed by atoms with Crippen LogP contribution in [0.4, 0.5) is 0 Å². The second-order valence-corrected chi connectivity index (χ2v) is 5.61. The highest BCUT2D eigenvalue weighted by atomic mass is 35.5. The van der Waals surface area contributed by atoms with Crippen LogP contribution in [0.15, 0.2) is 30.3 Å². The molecular weight excluding hydrogens is 330 g/mol. The van der Waals surface area contributed by atoms with E-state index in [1.165, 1.54) is 13.1 Å². The summed E-state index contributed by atoms with van der Waals surface area (Å²) in [5.41, 5.74) is 1.34. The van der Waals surface area contributed by atoms with Gasteiger partial charge in [0.25, 0.3) is 11.8 Å². The van der Waals surface area contributed by atoms with E-state index in [-0.39, 0.29) is 29.3 Å². The Bertz CT molecular complexity index is 742. The third kappa shape index (κ3) is 4.08. The molecule has 2 rings (SSSR count). The van der Waals surface area contributed by atoms with E-state index < -0.39 is 0 Å². The van der Waals surface area contributed by atoms with Crippen molar-refractivity contribution in [2.45, 2.75) is 20.0 Å². The van der Waals surface area contributed by atoms with Gasteiger partial charge in [-0.1, -0.05) is 23.7 Å². The number of aromatic nitrogens is 1. The average molecular weight is 350 g/mol. The molecule has 0 saturated carbocycles. The van der Waals surface area contributed by atoms with E-state index in [1.54, 1.807) is 12.1 Å². The molecule has 0 aliphatic heterocycles. The third-order valence-electron chi connectivity index (χ3n) is 3.44. The van der Waals surface area contributed by atoms with Crippen molar-refractivity contribution in [3.63, 3.8) is 0 Å². The average Bonchev–Trinajstić information content (AvgIpc) is 2.98. The van der Waals surface area contributed by atoms with E-state index in [9.17, 15) is 9.59 Å². The first-order chi connectivity index (χ1) is 11.5. The van der Waals surface area contributed by atoms with Gasteiger partial charge in [0.1, 0.15) is 17.5 Å². The first kappa shape index (κ1) is 17.9. The van der Waals surface area contributed by atoms with Gasteiger partial charge in [0, 0.05) is 24.7 Å². The van der Waals surface area contributed by atoms with Crippen molar-refractivity contribution in [2.75, 3.05) is 13.6 Å². The molecular formula is C17H20ClN3O3. The Kier molecular flexibility index (Phi) is 5.87. The van der Waals surface area contributed by atoms with Crippen molar-refractivity contribution in [1.82, 2.24) is 15.6 Å². The van der Waals surface area contributed by atoms with Crippen molar-refractivity contribution < 1.29 is 14.3 Å². The molecule has 1 aromatic heterocycles. The highest BCUT2D eigenvalue weighted by Crippen LogP contribution is 2.27. The maximum atomic E-state index is 12.0. The zero-order valence-corrected chi connectivity index (χ0v) is 14.5. The largest absolute Gasteiger partial charge is 0.484 e. The highest BCUT2D eigenvalue weighted by Gasteiger charge is 2.21. The first-order valence-corrected chi connectivity index (χ1v) is 7.99. The van der Waals surface area contributed by atoms with Crippen molar-refractivity contribution in [2.24, 2.45) is 0 Å². The molecule has 0 aliphatic rings. The van der Waals surface area contributed by atoms with E-state index in [0.29, 0.717) is 17.3 Å². The molecule has 3 N–H and O–H groups in total. The number of carbonyl (C=O) groups excluding carboxylic acids is 2. The lowest BCUT2D eigenvalue weighted by molar-refractivity contribution is 0.0951. The number of hydrogen-bond acceptors (Lipinski definition) is 3. The zero-order chi connectivity index (χ0) is 17.7. The molecule has 1 unspecified atom stereocenters. The smallest absolute Gasteiger partial charge is 0.271 e. The molecule has 0 fully saturated rings. The number of nitrogens with one attached hydrogen (secondary N) is 3. The van der Waals surface area contributed by atoms with Gasteiger partial charge < -0.3 is 20.4 Å². The number of halogens is 1. The van der Waals surface area contributed by atoms with Gasteiger partial charge in [-0.15, -0.1) is 0 Å². The van der Waals surface area contributed by atoms with Crippen LogP contribution in [-0.4, -0.2) is 30.4 Å². The molecule has 128 valence electrons. The van der Waals surface area contributed by atoms with Crippen molar-refractivity contribution in [3.05, 3.63) is 52.3 Å². The molecule has 0 saturated heterocycles. The molecule has 0 bridgehead atoms. The van der Waals surface area contributed by atoms with E-state index in [0.717, 1.165) is 5.56 Å². The summed E-state index contributed by atoms with van der Waals surface area (Å²) in [5, 5.41) is 5.81. The van der Waals surface area contributed by atoms with Crippen LogP contribution in [0.25, 0.3) is 0 Å². The van der Waals surface area contributed by atoms with E-state index in [2.05, 4.69) is 15.6 Å². The molecule has 24 heavy (non-hydrogen) atoms. The number of benzene rings is 1. The molecule has 0 radical (unpaired) electrons. The number of carbonyl (C=O) groups is 2. The maximum Gasteiger partial charge on any atom is 0.271 e. The Balaban J connectivity index is 2.30. The van der Waals surface area contributed by atoms with Crippen LogP contribution in [0.2, 0.25) is 5.02 Å². The number of rotatable bonds is 6. The minimum atomic E-state index is -0.362. The standard InChI is InChI=1S/C17H20ClN3O3/c1-4-20-16(22)13-9-14(15(21-13)17(23)19-3)24-10(2)11-6-5-7-12(18)8-11/h5-10,21H,4H2,1-3H3,(H,19,23)(H,20,22). The third-order valence-corrected chi connectivity index (χ3v) is 3.67. The molecule has 2 amide bonds. The molecule has 1 atom stereocenters. The summed E-state index contributed by atoms with van der Waals surface area (Å²) >= 11 is 6.00. The number of amides is 2. The number of hydrogen-bond donors (Lipinski definition) is 3. The molecule has 1 heterocycles. The van der Waals surface area contributed by atoms with Crippen LogP contribution >= 0.6 is 11.6 Å². The van der Waals surface area contributed by atoms with Crippen molar-refractivity contribution >= 4 is 23.4 Å². The molecule has 0 spiro atoms. The Hall–Kier alpha value is -2.47. The predicted molar refractivity (Wildman–Crippen MR) is 92.7 cm³/mol. The zero-order valence-electron chi connectivity index (χ0n) is 13.8. The summed E-state index contributed by atoms with van der Waals surface area (Å²) < 4.78 is 5.89. The Morgan fingerprint density at radius 2 is 2.04 bits per heavy atom. The van der Waals surface area contributed by atoms with Gasteiger partial charge in [-0.05, 0) is 31.5 Å². The quantitative estimate of drug-likeness (QED) is 0.749. The summed E-state index contributed by atoms with van der Waals surface area (Å²) in [6, 6.07) is 8.80. The summed E-state index contributed by atoms with van der Waals surface area (Å²) in [6.45, 7) is 4.15. The topological polar surface area (TPSA) is 83.2 Å². The maximum absolute atomic E-state index is 12.0. The Morgan fingerprint density at radius 1 is 1.29 bits per heavy atom. The second kappa shape index (κ2) is 7.88. The van der Waals surface area contributed by atoms with Gasteiger partial charge >= 0.3 is 0 Å². The van der Waals surface area contributed by atoms with Crippen molar-refractivity contribution in [3.8, 4) is 5.75 Å². The van der Waals surface area contributed by atoms with Crippen LogP contribution < -0.4 is 15.4 Å². The van der Waals surface area contributed by atoms with Crippen LogP contribution in [0.3, 0.4) is 0 Å². The lowest BCUT2D eigenvalue weighted by Crippen LogP contribution is -2.23. The normalized spacial score (nSPS) is 11.7. The van der Waals surface area contributed by atoms with Crippen LogP contribution in [0, 0.1) is 0 Å². The first-order valence-electron chi connectivity index (χ1n) is 7.61. The lowest BCUT2D eigenvalue weighted by Gasteiger charge is -2.15. The van der Waals surface area contributed by atoms with E-state index in [4.69, 9.17) is 16.3 Å². The fourth-order valence-electron chi connectivity index (χ4n) is 2.22. The molecule has 2 aromatic rings. The van der Waals surface area contributed by atoms with Crippen LogP contribution in [0.1, 0.15) is 46.5 Å². The summed E-state index contributed by atoms with van der Waals surface area (Å²) in [7, 11) is 1.51. The minimum Gasteiger partial charge on any atom is -0.484 e. The number of ether oxygens (including phenoxy) is 1. The number of H-pyrrole nitrogens is 1. The van der Waals surface area contributed by atoms with E-state index in [1.807, 2.05) is 26.0 Å². The van der Waals surface area contributed by atoms with E-state index >= 15 is 0 Å². The van der Waals surface area contributed by atoms with Gasteiger partial charge in [0.2, 0.25) is 0 Å². The highest BCUT2D eigenvalue weighted by molar-refractivity contribution is 6.30. The SMILES string of the molecule is CCNC(=O)c1cc(OC(C)c2cccc(Cl)c2)c(C(=O)NC)[nH]1. The fourth-order valence-corrected chi connectivity index (χ4v) is 2.42. The molecule has 1 aromatic carbocycles.